The van der Waals surface area contributed by atoms with Crippen molar-refractivity contribution in [1.82, 2.24) is 4.67 Å². The highest BCUT2D eigenvalue weighted by atomic mass is 31.2. The number of rotatable bonds is 20. The summed E-state index contributed by atoms with van der Waals surface area (Å²) in [7, 11) is 1.84. The Morgan fingerprint density at radius 1 is 0.673 bits per heavy atom. The molecular weight excluding hydrogens is 635 g/mol. The highest BCUT2D eigenvalue weighted by molar-refractivity contribution is 7.44. The van der Waals surface area contributed by atoms with Crippen LogP contribution in [0.5, 0.6) is 11.5 Å². The molecule has 49 heavy (non-hydrogen) atoms. The van der Waals surface area contributed by atoms with Crippen molar-refractivity contribution in [1.29, 1.82) is 5.26 Å². The molecule has 2 atom stereocenters. The topological polar surface area (TPSA) is 82.4 Å². The molecule has 0 radical (unpaired) electrons. The standard InChI is InChI=1S/C40H49N2O6P/c1-31(2)42(32(3)4)49(47-27-13-26-41)48-30-39(45-28-33-14-9-7-10-15-33)29-46-40(34-16-11-8-12-17-34,35-18-22-37(43-5)23-19-35)36-20-24-38(44-6)25-21-36/h7-12,14-25,31-32,39H,13,27-30H2,1-6H3/t39-,49?/m0/s1. The van der Waals surface area contributed by atoms with Crippen molar-refractivity contribution in [2.75, 3.05) is 34.0 Å². The minimum absolute atomic E-state index is 0.170. The van der Waals surface area contributed by atoms with E-state index in [4.69, 9.17) is 28.0 Å². The van der Waals surface area contributed by atoms with E-state index in [9.17, 15) is 5.26 Å². The van der Waals surface area contributed by atoms with Crippen molar-refractivity contribution in [3.8, 4) is 17.6 Å². The van der Waals surface area contributed by atoms with Gasteiger partial charge < -0.3 is 28.0 Å². The van der Waals surface area contributed by atoms with Gasteiger partial charge in [-0.05, 0) is 74.2 Å². The van der Waals surface area contributed by atoms with E-state index in [0.717, 1.165) is 33.8 Å². The first kappa shape index (κ1) is 38.0. The summed E-state index contributed by atoms with van der Waals surface area (Å²) >= 11 is 0. The van der Waals surface area contributed by atoms with Crippen LogP contribution in [0.1, 0.15) is 56.4 Å². The fraction of sp³-hybridized carbons (Fsp3) is 0.375. The molecule has 0 heterocycles. The first-order valence-corrected chi connectivity index (χ1v) is 17.8. The van der Waals surface area contributed by atoms with Crippen LogP contribution in [0.25, 0.3) is 0 Å². The van der Waals surface area contributed by atoms with E-state index in [1.807, 2.05) is 97.1 Å². The number of methoxy groups -OCH3 is 2. The molecule has 4 aromatic rings. The lowest BCUT2D eigenvalue weighted by Gasteiger charge is -2.38. The minimum atomic E-state index is -1.47. The molecule has 0 amide bonds. The summed E-state index contributed by atoms with van der Waals surface area (Å²) in [6.07, 6.45) is -0.183. The van der Waals surface area contributed by atoms with E-state index in [-0.39, 0.29) is 38.3 Å². The Kier molecular flexibility index (Phi) is 15.1. The number of ether oxygens (including phenoxy) is 4. The zero-order chi connectivity index (χ0) is 35.1. The number of hydrogen-bond acceptors (Lipinski definition) is 8. The molecule has 8 nitrogen and oxygen atoms in total. The molecule has 0 saturated heterocycles. The largest absolute Gasteiger partial charge is 0.497 e. The number of hydrogen-bond donors (Lipinski definition) is 0. The van der Waals surface area contributed by atoms with Gasteiger partial charge in [0.05, 0.1) is 53.1 Å². The summed E-state index contributed by atoms with van der Waals surface area (Å²) in [6.45, 7) is 9.58. The molecule has 0 aliphatic carbocycles. The second-order valence-corrected chi connectivity index (χ2v) is 13.5. The van der Waals surface area contributed by atoms with Crippen LogP contribution in [0.15, 0.2) is 109 Å². The second kappa shape index (κ2) is 19.4. The van der Waals surface area contributed by atoms with Gasteiger partial charge >= 0.3 is 0 Å². The van der Waals surface area contributed by atoms with Gasteiger partial charge in [-0.15, -0.1) is 0 Å². The van der Waals surface area contributed by atoms with Crippen molar-refractivity contribution < 1.29 is 28.0 Å². The van der Waals surface area contributed by atoms with Crippen LogP contribution in [0.3, 0.4) is 0 Å². The van der Waals surface area contributed by atoms with E-state index in [1.165, 1.54) is 0 Å². The summed E-state index contributed by atoms with van der Waals surface area (Å²) in [6, 6.07) is 38.7. The molecule has 9 heteroatoms. The third-order valence-electron chi connectivity index (χ3n) is 8.02. The monoisotopic (exact) mass is 684 g/mol. The number of nitriles is 1. The number of nitrogens with zero attached hydrogens (tertiary/aromatic N) is 2. The first-order chi connectivity index (χ1) is 23.8. The SMILES string of the molecule is COc1ccc(C(OC[C@@H](COP(OCCC#N)N(C(C)C)C(C)C)OCc2ccccc2)(c2ccccc2)c2ccc(OC)cc2)cc1. The van der Waals surface area contributed by atoms with Crippen molar-refractivity contribution >= 4 is 8.53 Å². The Hall–Kier alpha value is -3.80. The molecule has 0 aliphatic rings. The molecule has 0 aromatic heterocycles. The summed E-state index contributed by atoms with van der Waals surface area (Å²) in [5.74, 6) is 1.50. The van der Waals surface area contributed by atoms with Gasteiger partial charge in [-0.25, -0.2) is 4.67 Å². The van der Waals surface area contributed by atoms with Crippen LogP contribution >= 0.6 is 8.53 Å². The van der Waals surface area contributed by atoms with Gasteiger partial charge in [-0.3, -0.25) is 0 Å². The Balaban J connectivity index is 1.73. The molecule has 260 valence electrons. The quantitative estimate of drug-likeness (QED) is 0.0519. The highest BCUT2D eigenvalue weighted by Crippen LogP contribution is 2.47. The molecule has 0 bridgehead atoms. The smallest absolute Gasteiger partial charge is 0.259 e. The molecule has 4 rings (SSSR count). The van der Waals surface area contributed by atoms with Crippen LogP contribution in [0.2, 0.25) is 0 Å². The van der Waals surface area contributed by atoms with Crippen molar-refractivity contribution in [3.05, 3.63) is 131 Å². The Morgan fingerprint density at radius 3 is 1.67 bits per heavy atom. The van der Waals surface area contributed by atoms with Crippen molar-refractivity contribution in [2.24, 2.45) is 0 Å². The van der Waals surface area contributed by atoms with E-state index in [0.29, 0.717) is 6.61 Å². The van der Waals surface area contributed by atoms with E-state index in [1.54, 1.807) is 14.2 Å². The summed E-state index contributed by atoms with van der Waals surface area (Å²) in [5, 5.41) is 9.19. The number of benzene rings is 4. The molecular formula is C40H49N2O6P. The summed E-state index contributed by atoms with van der Waals surface area (Å²) < 4.78 is 39.8. The van der Waals surface area contributed by atoms with Crippen LogP contribution in [-0.4, -0.2) is 56.9 Å². The molecule has 0 aliphatic heterocycles. The first-order valence-electron chi connectivity index (χ1n) is 16.7. The lowest BCUT2D eigenvalue weighted by atomic mass is 9.80. The lowest BCUT2D eigenvalue weighted by Crippen LogP contribution is -2.38. The zero-order valence-electron chi connectivity index (χ0n) is 29.5. The maximum atomic E-state index is 9.19. The fourth-order valence-electron chi connectivity index (χ4n) is 5.69. The highest BCUT2D eigenvalue weighted by Gasteiger charge is 2.39. The summed E-state index contributed by atoms with van der Waals surface area (Å²) in [5.41, 5.74) is 2.86. The van der Waals surface area contributed by atoms with Crippen LogP contribution in [-0.2, 0) is 30.7 Å². The van der Waals surface area contributed by atoms with Gasteiger partial charge in [0, 0.05) is 12.1 Å². The van der Waals surface area contributed by atoms with Gasteiger partial charge in [0.25, 0.3) is 8.53 Å². The lowest BCUT2D eigenvalue weighted by molar-refractivity contribution is -0.0838. The van der Waals surface area contributed by atoms with E-state index < -0.39 is 20.2 Å². The average Bonchev–Trinajstić information content (AvgIpc) is 3.13. The average molecular weight is 685 g/mol. The maximum absolute atomic E-state index is 9.19. The molecule has 4 aromatic carbocycles. The maximum Gasteiger partial charge on any atom is 0.259 e. The second-order valence-electron chi connectivity index (χ2n) is 12.1. The predicted molar refractivity (Wildman–Crippen MR) is 194 cm³/mol. The Morgan fingerprint density at radius 2 is 1.18 bits per heavy atom. The van der Waals surface area contributed by atoms with Gasteiger partial charge in [0.1, 0.15) is 23.2 Å². The van der Waals surface area contributed by atoms with Gasteiger partial charge in [0.15, 0.2) is 0 Å². The van der Waals surface area contributed by atoms with Crippen molar-refractivity contribution in [2.45, 2.75) is 64.5 Å². The third kappa shape index (κ3) is 10.4. The Bertz CT molecular complexity index is 1490. The Labute approximate surface area is 293 Å². The molecule has 0 fully saturated rings. The molecule has 0 spiro atoms. The third-order valence-corrected chi connectivity index (χ3v) is 10.1. The van der Waals surface area contributed by atoms with Gasteiger partial charge in [0.2, 0.25) is 0 Å². The zero-order valence-corrected chi connectivity index (χ0v) is 30.3. The van der Waals surface area contributed by atoms with Crippen LogP contribution in [0, 0.1) is 11.3 Å². The normalized spacial score (nSPS) is 13.0. The molecule has 1 unspecified atom stereocenters. The van der Waals surface area contributed by atoms with Crippen molar-refractivity contribution in [3.63, 3.8) is 0 Å². The van der Waals surface area contributed by atoms with E-state index >= 15 is 0 Å². The summed E-state index contributed by atoms with van der Waals surface area (Å²) in [4.78, 5) is 0. The predicted octanol–water partition coefficient (Wildman–Crippen LogP) is 8.89. The van der Waals surface area contributed by atoms with Gasteiger partial charge in [-0.2, -0.15) is 5.26 Å². The van der Waals surface area contributed by atoms with Crippen LogP contribution < -0.4 is 9.47 Å². The fourth-order valence-corrected chi connectivity index (χ4v) is 7.32. The molecule has 0 N–H and O–H groups in total. The van der Waals surface area contributed by atoms with E-state index in [2.05, 4.69) is 50.6 Å². The van der Waals surface area contributed by atoms with Crippen LogP contribution in [0.4, 0.5) is 0 Å². The molecule has 0 saturated carbocycles. The van der Waals surface area contributed by atoms with Gasteiger partial charge in [-0.1, -0.05) is 84.9 Å². The minimum Gasteiger partial charge on any atom is -0.497 e.